The van der Waals surface area contributed by atoms with Crippen LogP contribution >= 0.6 is 0 Å². The number of carbonyl (C=O) groups is 2. The van der Waals surface area contributed by atoms with Gasteiger partial charge in [-0.05, 0) is 69.7 Å². The van der Waals surface area contributed by atoms with Gasteiger partial charge in [0.2, 0.25) is 0 Å². The van der Waals surface area contributed by atoms with Crippen LogP contribution in [0.5, 0.6) is 5.75 Å². The van der Waals surface area contributed by atoms with Gasteiger partial charge in [0.25, 0.3) is 11.8 Å². The molecule has 160 valence electrons. The number of carbonyl (C=O) groups excluding carboxylic acids is 2. The molecule has 0 bridgehead atoms. The molecule has 3 aromatic carbocycles. The number of benzene rings is 3. The number of hydrogen-bond donors (Lipinski definition) is 2. The molecule has 0 heterocycles. The van der Waals surface area contributed by atoms with Gasteiger partial charge in [0.05, 0.1) is 6.10 Å². The van der Waals surface area contributed by atoms with E-state index in [2.05, 4.69) is 10.6 Å². The molecular formula is C26H28N2O3. The minimum absolute atomic E-state index is 0.0594. The molecule has 0 aliphatic carbocycles. The van der Waals surface area contributed by atoms with E-state index in [9.17, 15) is 9.59 Å². The van der Waals surface area contributed by atoms with Crippen molar-refractivity contribution in [2.24, 2.45) is 0 Å². The highest BCUT2D eigenvalue weighted by Gasteiger charge is 2.19. The molecule has 0 spiro atoms. The Morgan fingerprint density at radius 2 is 1.10 bits per heavy atom. The molecule has 3 aromatic rings. The molecule has 0 fully saturated rings. The van der Waals surface area contributed by atoms with E-state index < -0.39 is 6.17 Å². The van der Waals surface area contributed by atoms with E-state index in [1.54, 1.807) is 24.3 Å². The van der Waals surface area contributed by atoms with Crippen LogP contribution in [0.25, 0.3) is 0 Å². The Kier molecular flexibility index (Phi) is 7.08. The van der Waals surface area contributed by atoms with Crippen molar-refractivity contribution in [2.75, 3.05) is 0 Å². The Morgan fingerprint density at radius 1 is 0.677 bits per heavy atom. The van der Waals surface area contributed by atoms with Crippen molar-refractivity contribution in [2.45, 2.75) is 40.0 Å². The molecule has 3 rings (SSSR count). The van der Waals surface area contributed by atoms with E-state index in [0.29, 0.717) is 11.1 Å². The largest absolute Gasteiger partial charge is 0.491 e. The van der Waals surface area contributed by atoms with Crippen LogP contribution in [0, 0.1) is 13.8 Å². The first-order valence-electron chi connectivity index (χ1n) is 10.3. The smallest absolute Gasteiger partial charge is 0.253 e. The fraction of sp³-hybridized carbons (Fsp3) is 0.231. The molecule has 0 unspecified atom stereocenters. The maximum absolute atomic E-state index is 12.8. The third-order valence-electron chi connectivity index (χ3n) is 4.76. The van der Waals surface area contributed by atoms with Gasteiger partial charge in [-0.1, -0.05) is 47.5 Å². The number of nitrogens with one attached hydrogen (secondary N) is 2. The summed E-state index contributed by atoms with van der Waals surface area (Å²) in [7, 11) is 0. The Hall–Kier alpha value is -3.60. The predicted molar refractivity (Wildman–Crippen MR) is 122 cm³/mol. The summed E-state index contributed by atoms with van der Waals surface area (Å²) in [6.07, 6.45) is -0.639. The monoisotopic (exact) mass is 416 g/mol. The Bertz CT molecular complexity index is 964. The molecule has 2 amide bonds. The van der Waals surface area contributed by atoms with Crippen molar-refractivity contribution in [3.63, 3.8) is 0 Å². The molecule has 5 nitrogen and oxygen atoms in total. The normalized spacial score (nSPS) is 10.8. The van der Waals surface area contributed by atoms with Gasteiger partial charge in [-0.15, -0.1) is 0 Å². The van der Waals surface area contributed by atoms with Crippen LogP contribution in [0.3, 0.4) is 0 Å². The van der Waals surface area contributed by atoms with Crippen LogP contribution in [-0.2, 0) is 0 Å². The lowest BCUT2D eigenvalue weighted by Gasteiger charge is -2.21. The summed E-state index contributed by atoms with van der Waals surface area (Å²) in [5.41, 5.74) is 3.94. The van der Waals surface area contributed by atoms with Crippen molar-refractivity contribution in [1.82, 2.24) is 10.6 Å². The quantitative estimate of drug-likeness (QED) is 0.536. The van der Waals surface area contributed by atoms with Crippen LogP contribution in [0.2, 0.25) is 0 Å². The lowest BCUT2D eigenvalue weighted by atomic mass is 10.1. The van der Waals surface area contributed by atoms with Gasteiger partial charge < -0.3 is 15.4 Å². The highest BCUT2D eigenvalue weighted by molar-refractivity contribution is 5.96. The molecule has 0 aromatic heterocycles. The van der Waals surface area contributed by atoms with Crippen molar-refractivity contribution in [3.8, 4) is 5.75 Å². The number of rotatable bonds is 7. The number of hydrogen-bond acceptors (Lipinski definition) is 3. The highest BCUT2D eigenvalue weighted by atomic mass is 16.5. The number of ether oxygens (including phenoxy) is 1. The molecule has 5 heteroatoms. The Balaban J connectivity index is 1.83. The molecule has 0 saturated heterocycles. The van der Waals surface area contributed by atoms with Crippen molar-refractivity contribution >= 4 is 11.8 Å². The molecule has 0 radical (unpaired) electrons. The van der Waals surface area contributed by atoms with Gasteiger partial charge in [0.1, 0.15) is 11.9 Å². The summed E-state index contributed by atoms with van der Waals surface area (Å²) in [4.78, 5) is 25.7. The summed E-state index contributed by atoms with van der Waals surface area (Å²) < 4.78 is 5.70. The first kappa shape index (κ1) is 22.1. The first-order chi connectivity index (χ1) is 14.8. The van der Waals surface area contributed by atoms with Gasteiger partial charge in [0, 0.05) is 11.1 Å². The molecule has 0 atom stereocenters. The van der Waals surface area contributed by atoms with Crippen LogP contribution in [0.4, 0.5) is 0 Å². The molecule has 31 heavy (non-hydrogen) atoms. The van der Waals surface area contributed by atoms with E-state index in [4.69, 9.17) is 4.74 Å². The summed E-state index contributed by atoms with van der Waals surface area (Å²) in [5.74, 6) is 0.195. The average Bonchev–Trinajstić information content (AvgIpc) is 2.74. The molecular weight excluding hydrogens is 388 g/mol. The summed E-state index contributed by atoms with van der Waals surface area (Å²) in [5, 5.41) is 5.86. The highest BCUT2D eigenvalue weighted by Crippen LogP contribution is 2.19. The lowest BCUT2D eigenvalue weighted by molar-refractivity contribution is 0.0883. The zero-order valence-electron chi connectivity index (χ0n) is 18.3. The molecule has 0 aliphatic heterocycles. The standard InChI is InChI=1S/C26H28N2O3/c1-17(2)31-23-15-13-20(14-16-23)24(27-25(29)21-9-5-18(3)6-10-21)28-26(30)22-11-7-19(4)8-12-22/h5-17,24H,1-4H3,(H,27,29)(H,28,30). The molecule has 0 saturated carbocycles. The van der Waals surface area contributed by atoms with Gasteiger partial charge >= 0.3 is 0 Å². The van der Waals surface area contributed by atoms with Crippen molar-refractivity contribution in [1.29, 1.82) is 0 Å². The van der Waals surface area contributed by atoms with Gasteiger partial charge in [-0.25, -0.2) is 0 Å². The topological polar surface area (TPSA) is 67.4 Å². The average molecular weight is 417 g/mol. The van der Waals surface area contributed by atoms with Crippen LogP contribution in [0.15, 0.2) is 72.8 Å². The van der Waals surface area contributed by atoms with E-state index in [-0.39, 0.29) is 17.9 Å². The second-order valence-corrected chi connectivity index (χ2v) is 7.85. The van der Waals surface area contributed by atoms with E-state index in [0.717, 1.165) is 22.4 Å². The SMILES string of the molecule is Cc1ccc(C(=O)NC(NC(=O)c2ccc(C)cc2)c2ccc(OC(C)C)cc2)cc1. The Labute approximate surface area is 183 Å². The first-order valence-corrected chi connectivity index (χ1v) is 10.3. The summed E-state index contributed by atoms with van der Waals surface area (Å²) in [6.45, 7) is 7.85. The summed E-state index contributed by atoms with van der Waals surface area (Å²) in [6, 6.07) is 21.9. The zero-order valence-corrected chi connectivity index (χ0v) is 18.3. The Morgan fingerprint density at radius 3 is 1.48 bits per heavy atom. The van der Waals surface area contributed by atoms with Gasteiger partial charge in [-0.2, -0.15) is 0 Å². The minimum Gasteiger partial charge on any atom is -0.491 e. The number of amides is 2. The predicted octanol–water partition coefficient (Wildman–Crippen LogP) is 4.95. The zero-order chi connectivity index (χ0) is 22.4. The van der Waals surface area contributed by atoms with Crippen LogP contribution < -0.4 is 15.4 Å². The van der Waals surface area contributed by atoms with Crippen LogP contribution in [-0.4, -0.2) is 17.9 Å². The second kappa shape index (κ2) is 9.94. The van der Waals surface area contributed by atoms with Crippen molar-refractivity contribution in [3.05, 3.63) is 101 Å². The van der Waals surface area contributed by atoms with Crippen molar-refractivity contribution < 1.29 is 14.3 Å². The van der Waals surface area contributed by atoms with Gasteiger partial charge in [-0.3, -0.25) is 9.59 Å². The maximum atomic E-state index is 12.8. The minimum atomic E-state index is -0.698. The molecule has 0 aliphatic rings. The fourth-order valence-corrected chi connectivity index (χ4v) is 3.05. The maximum Gasteiger partial charge on any atom is 0.253 e. The molecule has 2 N–H and O–H groups in total. The third-order valence-corrected chi connectivity index (χ3v) is 4.76. The van der Waals surface area contributed by atoms with Crippen LogP contribution in [0.1, 0.15) is 57.4 Å². The van der Waals surface area contributed by atoms with E-state index >= 15 is 0 Å². The fourth-order valence-electron chi connectivity index (χ4n) is 3.05. The van der Waals surface area contributed by atoms with Gasteiger partial charge in [0.15, 0.2) is 0 Å². The lowest BCUT2D eigenvalue weighted by Crippen LogP contribution is -2.41. The van der Waals surface area contributed by atoms with E-state index in [1.165, 1.54) is 0 Å². The third kappa shape index (κ3) is 6.19. The number of aryl methyl sites for hydroxylation is 2. The summed E-state index contributed by atoms with van der Waals surface area (Å²) >= 11 is 0. The van der Waals surface area contributed by atoms with E-state index in [1.807, 2.05) is 76.2 Å². The second-order valence-electron chi connectivity index (χ2n) is 7.85.